The minimum absolute atomic E-state index is 0.0918. The summed E-state index contributed by atoms with van der Waals surface area (Å²) in [6, 6.07) is 49.9. The van der Waals surface area contributed by atoms with Crippen molar-refractivity contribution < 1.29 is 4.42 Å². The Bertz CT molecular complexity index is 2840. The first kappa shape index (κ1) is 27.7. The number of allylic oxidation sites excluding steroid dienone is 3. The van der Waals surface area contributed by atoms with Gasteiger partial charge in [-0.1, -0.05) is 109 Å². The number of nitrogens with zero attached hydrogens (tertiary/aromatic N) is 1. The molecule has 0 saturated carbocycles. The number of fused-ring (bicyclic) bond motifs is 10. The predicted octanol–water partition coefficient (Wildman–Crippen LogP) is 12.5. The Morgan fingerprint density at radius 3 is 2.16 bits per heavy atom. The molecule has 11 rings (SSSR count). The quantitative estimate of drug-likeness (QED) is 0.200. The number of nitrogens with one attached hydrogen (secondary N) is 2. The van der Waals surface area contributed by atoms with Gasteiger partial charge >= 0.3 is 0 Å². The van der Waals surface area contributed by atoms with Gasteiger partial charge in [0.1, 0.15) is 5.58 Å². The molecule has 4 nitrogen and oxygen atoms in total. The Balaban J connectivity index is 1.22. The lowest BCUT2D eigenvalue weighted by Gasteiger charge is -2.22. The van der Waals surface area contributed by atoms with Crippen LogP contribution in [0.1, 0.15) is 42.2 Å². The molecular weight excluding hydrogens is 611 g/mol. The van der Waals surface area contributed by atoms with Crippen LogP contribution in [0.5, 0.6) is 0 Å². The highest BCUT2D eigenvalue weighted by Gasteiger charge is 2.33. The van der Waals surface area contributed by atoms with Gasteiger partial charge in [0.05, 0.1) is 34.0 Å². The number of hydrogen-bond donors (Lipinski definition) is 2. The van der Waals surface area contributed by atoms with E-state index in [4.69, 9.17) is 4.42 Å². The van der Waals surface area contributed by atoms with Crippen molar-refractivity contribution in [3.63, 3.8) is 0 Å². The van der Waals surface area contributed by atoms with Crippen molar-refractivity contribution in [3.05, 3.63) is 168 Å². The standard InChI is InChI=1S/C46H33N3O/c1-3-13-28(14-4-1)29-23-24-30-26-38(46-44(47-31-15-5-2-6-16-31)34-19-9-12-22-41(34)50-46)48-43-36(35(30)25-29)27-37-32-17-7-10-20-39(32)49-40-21-11-8-18-33(40)42(43)45(37)49/h1-22,25,27,38,47-48H,23-24,26H2. The van der Waals surface area contributed by atoms with Crippen LogP contribution >= 0.6 is 0 Å². The molecule has 1 atom stereocenters. The van der Waals surface area contributed by atoms with Gasteiger partial charge < -0.3 is 19.5 Å². The SMILES string of the molecule is C1=C(c2ccccc2)CCC2=C1c1cc3c4ccccc4n4c5ccccc5c(c1NC(c1oc5ccccc5c1Nc1ccccc1)C2)c34. The number of benzene rings is 6. The Labute approximate surface area is 289 Å². The average Bonchev–Trinajstić information content (AvgIpc) is 3.79. The van der Waals surface area contributed by atoms with E-state index in [1.54, 1.807) is 0 Å². The summed E-state index contributed by atoms with van der Waals surface area (Å²) in [5, 5.41) is 14.2. The van der Waals surface area contributed by atoms with Crippen LogP contribution in [0, 0.1) is 0 Å². The summed E-state index contributed by atoms with van der Waals surface area (Å²) in [5.74, 6) is 0.937. The smallest absolute Gasteiger partial charge is 0.151 e. The lowest BCUT2D eigenvalue weighted by Crippen LogP contribution is -2.12. The average molecular weight is 644 g/mol. The molecule has 4 heterocycles. The molecule has 0 fully saturated rings. The van der Waals surface area contributed by atoms with Crippen molar-refractivity contribution in [2.75, 3.05) is 10.6 Å². The first-order valence-electron chi connectivity index (χ1n) is 17.6. The molecule has 2 N–H and O–H groups in total. The van der Waals surface area contributed by atoms with E-state index >= 15 is 0 Å². The van der Waals surface area contributed by atoms with Crippen molar-refractivity contribution in [3.8, 4) is 0 Å². The third kappa shape index (κ3) is 3.99. The molecule has 1 aliphatic heterocycles. The van der Waals surface area contributed by atoms with Crippen LogP contribution in [0.25, 0.3) is 60.2 Å². The van der Waals surface area contributed by atoms with Gasteiger partial charge in [-0.3, -0.25) is 0 Å². The molecule has 0 bridgehead atoms. The molecule has 6 aromatic carbocycles. The second kappa shape index (κ2) is 10.6. The van der Waals surface area contributed by atoms with E-state index in [9.17, 15) is 0 Å². The zero-order valence-corrected chi connectivity index (χ0v) is 27.4. The van der Waals surface area contributed by atoms with Crippen molar-refractivity contribution >= 4 is 77.3 Å². The van der Waals surface area contributed by atoms with E-state index in [1.165, 1.54) is 71.6 Å². The highest BCUT2D eigenvalue weighted by molar-refractivity contribution is 6.28. The Kier molecular flexibility index (Phi) is 5.88. The summed E-state index contributed by atoms with van der Waals surface area (Å²) in [7, 11) is 0. The number of aromatic nitrogens is 1. The highest BCUT2D eigenvalue weighted by atomic mass is 16.3. The molecule has 4 heteroatoms. The molecule has 2 aliphatic rings. The van der Waals surface area contributed by atoms with Gasteiger partial charge in [-0.2, -0.15) is 0 Å². The number of furan rings is 1. The van der Waals surface area contributed by atoms with Crippen LogP contribution in [0.15, 0.2) is 156 Å². The molecule has 1 aliphatic carbocycles. The van der Waals surface area contributed by atoms with Crippen LogP contribution in [0.3, 0.4) is 0 Å². The van der Waals surface area contributed by atoms with E-state index in [1.807, 2.05) is 0 Å². The van der Waals surface area contributed by atoms with Gasteiger partial charge in [-0.15, -0.1) is 0 Å². The monoisotopic (exact) mass is 643 g/mol. The van der Waals surface area contributed by atoms with Crippen LogP contribution in [-0.4, -0.2) is 4.40 Å². The zero-order chi connectivity index (χ0) is 32.8. The van der Waals surface area contributed by atoms with Gasteiger partial charge in [0.15, 0.2) is 5.76 Å². The van der Waals surface area contributed by atoms with Gasteiger partial charge in [0, 0.05) is 38.2 Å². The number of para-hydroxylation sites is 4. The Morgan fingerprint density at radius 2 is 1.34 bits per heavy atom. The summed E-state index contributed by atoms with van der Waals surface area (Å²) >= 11 is 0. The third-order valence-electron chi connectivity index (χ3n) is 11.0. The normalized spacial score (nSPS) is 16.2. The van der Waals surface area contributed by atoms with Crippen molar-refractivity contribution in [1.29, 1.82) is 0 Å². The van der Waals surface area contributed by atoms with Crippen LogP contribution in [-0.2, 0) is 0 Å². The summed E-state index contributed by atoms with van der Waals surface area (Å²) in [6.45, 7) is 0. The molecule has 0 amide bonds. The molecule has 0 saturated heterocycles. The third-order valence-corrected chi connectivity index (χ3v) is 11.0. The lowest BCUT2D eigenvalue weighted by atomic mass is 9.83. The molecule has 3 aromatic heterocycles. The fourth-order valence-corrected chi connectivity index (χ4v) is 8.75. The minimum atomic E-state index is -0.0918. The molecule has 50 heavy (non-hydrogen) atoms. The van der Waals surface area contributed by atoms with Gasteiger partial charge in [0.25, 0.3) is 0 Å². The number of hydrogen-bond acceptors (Lipinski definition) is 3. The second-order valence-corrected chi connectivity index (χ2v) is 13.7. The largest absolute Gasteiger partial charge is 0.457 e. The Morgan fingerprint density at radius 1 is 0.660 bits per heavy atom. The first-order chi connectivity index (χ1) is 24.8. The highest BCUT2D eigenvalue weighted by Crippen LogP contribution is 2.52. The summed E-state index contributed by atoms with van der Waals surface area (Å²) in [4.78, 5) is 0. The maximum Gasteiger partial charge on any atom is 0.151 e. The molecule has 9 aromatic rings. The fraction of sp³-hybridized carbons (Fsp3) is 0.0870. The van der Waals surface area contributed by atoms with Crippen LogP contribution in [0.4, 0.5) is 17.1 Å². The maximum absolute atomic E-state index is 6.87. The van der Waals surface area contributed by atoms with E-state index in [-0.39, 0.29) is 6.04 Å². The first-order valence-corrected chi connectivity index (χ1v) is 17.6. The van der Waals surface area contributed by atoms with E-state index < -0.39 is 0 Å². The number of anilines is 3. The molecule has 1 unspecified atom stereocenters. The molecule has 0 radical (unpaired) electrons. The van der Waals surface area contributed by atoms with Crippen molar-refractivity contribution in [1.82, 2.24) is 4.40 Å². The summed E-state index contributed by atoms with van der Waals surface area (Å²) < 4.78 is 9.35. The van der Waals surface area contributed by atoms with E-state index in [0.717, 1.165) is 47.4 Å². The van der Waals surface area contributed by atoms with Gasteiger partial charge in [-0.05, 0) is 78.4 Å². The fourth-order valence-electron chi connectivity index (χ4n) is 8.75. The van der Waals surface area contributed by atoms with Crippen LogP contribution in [0.2, 0.25) is 0 Å². The Hall–Kier alpha value is -6.26. The lowest BCUT2D eigenvalue weighted by molar-refractivity contribution is 0.510. The van der Waals surface area contributed by atoms with Gasteiger partial charge in [0.2, 0.25) is 0 Å². The van der Waals surface area contributed by atoms with Crippen molar-refractivity contribution in [2.45, 2.75) is 25.3 Å². The molecular formula is C46H33N3O. The summed E-state index contributed by atoms with van der Waals surface area (Å²) in [6.07, 6.45) is 5.34. The predicted molar refractivity (Wildman–Crippen MR) is 209 cm³/mol. The van der Waals surface area contributed by atoms with E-state index in [0.29, 0.717) is 0 Å². The maximum atomic E-state index is 6.87. The van der Waals surface area contributed by atoms with E-state index in [2.05, 4.69) is 161 Å². The van der Waals surface area contributed by atoms with Gasteiger partial charge in [-0.25, -0.2) is 0 Å². The summed E-state index contributed by atoms with van der Waals surface area (Å²) in [5.41, 5.74) is 14.7. The second-order valence-electron chi connectivity index (χ2n) is 13.7. The minimum Gasteiger partial charge on any atom is -0.457 e. The zero-order valence-electron chi connectivity index (χ0n) is 27.4. The molecule has 238 valence electrons. The van der Waals surface area contributed by atoms with Crippen LogP contribution < -0.4 is 10.6 Å². The topological polar surface area (TPSA) is 41.6 Å². The molecule has 0 spiro atoms. The number of rotatable bonds is 4. The van der Waals surface area contributed by atoms with Crippen molar-refractivity contribution in [2.24, 2.45) is 0 Å².